The molecule has 3 unspecified atom stereocenters. The summed E-state index contributed by atoms with van der Waals surface area (Å²) in [5.41, 5.74) is 3.03. The highest BCUT2D eigenvalue weighted by Crippen LogP contribution is 2.37. The fourth-order valence-electron chi connectivity index (χ4n) is 3.49. The Balaban J connectivity index is 1.73. The third kappa shape index (κ3) is 4.67. The van der Waals surface area contributed by atoms with Crippen LogP contribution in [0.1, 0.15) is 43.1 Å². The maximum absolute atomic E-state index is 12.8. The van der Waals surface area contributed by atoms with E-state index in [2.05, 4.69) is 17.2 Å². The van der Waals surface area contributed by atoms with Gasteiger partial charge in [0.15, 0.2) is 0 Å². The van der Waals surface area contributed by atoms with Gasteiger partial charge in [-0.3, -0.25) is 9.59 Å². The van der Waals surface area contributed by atoms with Crippen molar-refractivity contribution >= 4 is 40.9 Å². The Labute approximate surface area is 175 Å². The van der Waals surface area contributed by atoms with Crippen molar-refractivity contribution in [2.24, 2.45) is 10.9 Å². The topological polar surface area (TPSA) is 67.8 Å². The molecule has 7 heteroatoms. The number of thioether (sulfide) groups is 1. The fourth-order valence-corrected chi connectivity index (χ4v) is 5.06. The Morgan fingerprint density at radius 2 is 2.11 bits per heavy atom. The van der Waals surface area contributed by atoms with Crippen LogP contribution in [-0.2, 0) is 9.53 Å². The number of allylic oxidation sites excluding steroid dienone is 1. The van der Waals surface area contributed by atoms with E-state index in [0.29, 0.717) is 21.5 Å². The molecular weight excluding hydrogens is 396 g/mol. The first-order valence-corrected chi connectivity index (χ1v) is 10.7. The van der Waals surface area contributed by atoms with Crippen LogP contribution >= 0.6 is 23.4 Å². The molecule has 2 aliphatic heterocycles. The van der Waals surface area contributed by atoms with E-state index in [4.69, 9.17) is 16.3 Å². The second kappa shape index (κ2) is 8.80. The number of aliphatic imine (C=N–C) groups is 1. The third-order valence-electron chi connectivity index (χ3n) is 5.19. The van der Waals surface area contributed by atoms with Crippen LogP contribution in [0.3, 0.4) is 0 Å². The molecule has 5 nitrogen and oxygen atoms in total. The summed E-state index contributed by atoms with van der Waals surface area (Å²) in [5.74, 6) is -0.867. The molecule has 1 aromatic rings. The van der Waals surface area contributed by atoms with Gasteiger partial charge in [-0.15, -0.1) is 11.8 Å². The van der Waals surface area contributed by atoms with Gasteiger partial charge >= 0.3 is 0 Å². The fraction of sp³-hybridized carbons (Fsp3) is 0.476. The number of nitrogens with one attached hydrogen (secondary N) is 1. The summed E-state index contributed by atoms with van der Waals surface area (Å²) in [6.45, 7) is 8.66. The number of hydrogen-bond acceptors (Lipinski definition) is 4. The lowest BCUT2D eigenvalue weighted by molar-refractivity contribution is -0.120. The van der Waals surface area contributed by atoms with Gasteiger partial charge in [0.25, 0.3) is 11.8 Å². The van der Waals surface area contributed by atoms with E-state index >= 15 is 0 Å². The summed E-state index contributed by atoms with van der Waals surface area (Å²) in [6, 6.07) is 3.58. The second-order valence-corrected chi connectivity index (χ2v) is 9.06. The summed E-state index contributed by atoms with van der Waals surface area (Å²) in [5, 5.41) is 3.75. The molecule has 2 aliphatic rings. The Hall–Kier alpha value is -1.63. The van der Waals surface area contributed by atoms with Crippen molar-refractivity contribution in [3.63, 3.8) is 0 Å². The first-order chi connectivity index (χ1) is 13.3. The van der Waals surface area contributed by atoms with E-state index in [-0.39, 0.29) is 24.5 Å². The predicted molar refractivity (Wildman–Crippen MR) is 114 cm³/mol. The molecule has 2 heterocycles. The minimum Gasteiger partial charge on any atom is -0.377 e. The van der Waals surface area contributed by atoms with Gasteiger partial charge in [-0.2, -0.15) is 0 Å². The van der Waals surface area contributed by atoms with Gasteiger partial charge in [0.2, 0.25) is 0 Å². The number of hydrogen-bond donors (Lipinski definition) is 1. The highest BCUT2D eigenvalue weighted by Gasteiger charge is 2.27. The van der Waals surface area contributed by atoms with E-state index in [9.17, 15) is 9.59 Å². The molecular formula is C21H25ClN2O3S. The van der Waals surface area contributed by atoms with Crippen LogP contribution in [0.4, 0.5) is 0 Å². The zero-order valence-electron chi connectivity index (χ0n) is 16.5. The molecule has 1 aromatic carbocycles. The van der Waals surface area contributed by atoms with Crippen molar-refractivity contribution in [3.8, 4) is 0 Å². The Morgan fingerprint density at radius 3 is 2.75 bits per heavy atom. The quantitative estimate of drug-likeness (QED) is 0.774. The minimum atomic E-state index is -0.419. The van der Waals surface area contributed by atoms with Crippen LogP contribution in [0.5, 0.6) is 0 Å². The molecule has 150 valence electrons. The summed E-state index contributed by atoms with van der Waals surface area (Å²) < 4.78 is 5.64. The minimum absolute atomic E-state index is 0.178. The number of nitrogens with zero attached hydrogens (tertiary/aromatic N) is 1. The van der Waals surface area contributed by atoms with Gasteiger partial charge < -0.3 is 10.1 Å². The summed E-state index contributed by atoms with van der Waals surface area (Å²) in [6.07, 6.45) is 3.04. The number of halogens is 1. The monoisotopic (exact) mass is 420 g/mol. The van der Waals surface area contributed by atoms with Crippen molar-refractivity contribution in [3.05, 3.63) is 39.9 Å². The number of dihydropyridines is 1. The number of carbonyl (C=O) groups excluding carboxylic acids is 2. The van der Waals surface area contributed by atoms with Crippen LogP contribution in [0.2, 0.25) is 5.02 Å². The van der Waals surface area contributed by atoms with Gasteiger partial charge in [0.1, 0.15) is 0 Å². The van der Waals surface area contributed by atoms with Gasteiger partial charge in [-0.1, -0.05) is 17.2 Å². The van der Waals surface area contributed by atoms with Gasteiger partial charge in [-0.05, 0) is 57.9 Å². The Morgan fingerprint density at radius 1 is 1.36 bits per heavy atom. The van der Waals surface area contributed by atoms with E-state index < -0.39 is 5.92 Å². The highest BCUT2D eigenvalue weighted by atomic mass is 35.5. The summed E-state index contributed by atoms with van der Waals surface area (Å²) >= 11 is 8.00. The lowest BCUT2D eigenvalue weighted by Gasteiger charge is -2.20. The van der Waals surface area contributed by atoms with Gasteiger partial charge in [-0.25, -0.2) is 4.99 Å². The molecule has 2 amide bonds. The number of amides is 2. The van der Waals surface area contributed by atoms with Crippen LogP contribution in [-0.4, -0.2) is 42.0 Å². The SMILES string of the molecule is CC1=CC(C)=NC(=O)C1CNC(=O)c1cc(Cl)cc(SC2CCOC2C)c1C. The first-order valence-electron chi connectivity index (χ1n) is 9.40. The molecule has 1 N–H and O–H groups in total. The van der Waals surface area contributed by atoms with Gasteiger partial charge in [0, 0.05) is 39.6 Å². The molecule has 0 radical (unpaired) electrons. The number of ether oxygens (including phenoxy) is 1. The van der Waals surface area contributed by atoms with Crippen molar-refractivity contribution in [1.82, 2.24) is 5.32 Å². The molecule has 0 saturated carbocycles. The van der Waals surface area contributed by atoms with Crippen molar-refractivity contribution in [2.75, 3.05) is 13.2 Å². The van der Waals surface area contributed by atoms with E-state index in [1.807, 2.05) is 26.0 Å². The van der Waals surface area contributed by atoms with E-state index in [0.717, 1.165) is 29.1 Å². The Kier molecular flexibility index (Phi) is 6.63. The summed E-state index contributed by atoms with van der Waals surface area (Å²) in [7, 11) is 0. The predicted octanol–water partition coefficient (Wildman–Crippen LogP) is 4.21. The molecule has 3 atom stereocenters. The number of benzene rings is 1. The molecule has 0 aromatic heterocycles. The summed E-state index contributed by atoms with van der Waals surface area (Å²) in [4.78, 5) is 29.9. The molecule has 1 saturated heterocycles. The van der Waals surface area contributed by atoms with Crippen LogP contribution in [0, 0.1) is 12.8 Å². The maximum atomic E-state index is 12.8. The number of carbonyl (C=O) groups is 2. The number of rotatable bonds is 5. The molecule has 0 bridgehead atoms. The molecule has 28 heavy (non-hydrogen) atoms. The zero-order valence-corrected chi connectivity index (χ0v) is 18.1. The third-order valence-corrected chi connectivity index (χ3v) is 7.01. The average molecular weight is 421 g/mol. The van der Waals surface area contributed by atoms with E-state index in [1.165, 1.54) is 0 Å². The highest BCUT2D eigenvalue weighted by molar-refractivity contribution is 8.00. The van der Waals surface area contributed by atoms with Crippen molar-refractivity contribution in [2.45, 2.75) is 50.4 Å². The average Bonchev–Trinajstić information content (AvgIpc) is 3.01. The van der Waals surface area contributed by atoms with Crippen LogP contribution in [0.25, 0.3) is 0 Å². The van der Waals surface area contributed by atoms with Crippen LogP contribution < -0.4 is 5.32 Å². The lowest BCUT2D eigenvalue weighted by Crippen LogP contribution is -2.35. The maximum Gasteiger partial charge on any atom is 0.254 e. The molecule has 1 fully saturated rings. The van der Waals surface area contributed by atoms with Crippen molar-refractivity contribution in [1.29, 1.82) is 0 Å². The molecule has 0 spiro atoms. The smallest absolute Gasteiger partial charge is 0.254 e. The van der Waals surface area contributed by atoms with Crippen molar-refractivity contribution < 1.29 is 14.3 Å². The van der Waals surface area contributed by atoms with E-state index in [1.54, 1.807) is 24.8 Å². The molecule has 3 rings (SSSR count). The Bertz CT molecular complexity index is 865. The lowest BCUT2D eigenvalue weighted by atomic mass is 9.95. The second-order valence-electron chi connectivity index (χ2n) is 7.34. The van der Waals surface area contributed by atoms with Gasteiger partial charge in [0.05, 0.1) is 12.0 Å². The normalized spacial score (nSPS) is 24.8. The first kappa shape index (κ1) is 21.1. The molecule has 0 aliphatic carbocycles. The standard InChI is InChI=1S/C21H25ClN2O3S/c1-11-7-12(2)24-21(26)17(11)10-23-20(25)16-8-15(22)9-19(13(16)3)28-18-5-6-27-14(18)4/h7-9,14,17-18H,5-6,10H2,1-4H3,(H,23,25). The van der Waals surface area contributed by atoms with Crippen LogP contribution in [0.15, 0.2) is 33.7 Å². The largest absolute Gasteiger partial charge is 0.377 e. The zero-order chi connectivity index (χ0) is 20.4.